The minimum absolute atomic E-state index is 0.447. The predicted octanol–water partition coefficient (Wildman–Crippen LogP) is 2.63. The third-order valence-electron chi connectivity index (χ3n) is 3.22. The molecular weight excluding hydrogens is 316 g/mol. The van der Waals surface area contributed by atoms with Crippen molar-refractivity contribution in [3.05, 3.63) is 22.2 Å². The molecule has 1 N–H and O–H groups in total. The number of rotatable bonds is 4. The van der Waals surface area contributed by atoms with Crippen LogP contribution in [0.1, 0.15) is 18.1 Å². The third kappa shape index (κ3) is 2.69. The summed E-state index contributed by atoms with van der Waals surface area (Å²) in [6, 6.07) is 3.52. The highest BCUT2D eigenvalue weighted by atomic mass is 79.9. The van der Waals surface area contributed by atoms with E-state index in [-0.39, 0.29) is 0 Å². The molecule has 2 atom stereocenters. The molecule has 1 saturated heterocycles. The second-order valence-corrected chi connectivity index (χ2v) is 5.11. The first-order valence-electron chi connectivity index (χ1n) is 5.84. The van der Waals surface area contributed by atoms with Crippen LogP contribution in [0.5, 0.6) is 11.5 Å². The van der Waals surface area contributed by atoms with Crippen molar-refractivity contribution in [3.8, 4) is 11.5 Å². The molecule has 1 aliphatic heterocycles. The lowest BCUT2D eigenvalue weighted by molar-refractivity contribution is -0.143. The van der Waals surface area contributed by atoms with Gasteiger partial charge in [-0.1, -0.05) is 15.9 Å². The molecule has 19 heavy (non-hydrogen) atoms. The van der Waals surface area contributed by atoms with Crippen molar-refractivity contribution in [2.24, 2.45) is 5.92 Å². The Kier molecular flexibility index (Phi) is 4.31. The van der Waals surface area contributed by atoms with Crippen LogP contribution in [0.3, 0.4) is 0 Å². The van der Waals surface area contributed by atoms with E-state index in [4.69, 9.17) is 14.2 Å². The summed E-state index contributed by atoms with van der Waals surface area (Å²) in [5, 5.41) is 9.21. The molecule has 0 bridgehead atoms. The number of carboxylic acids is 1. The van der Waals surface area contributed by atoms with Gasteiger partial charge in [0.05, 0.1) is 26.2 Å². The van der Waals surface area contributed by atoms with Crippen LogP contribution in [0.2, 0.25) is 0 Å². The van der Waals surface area contributed by atoms with E-state index in [0.717, 1.165) is 10.0 Å². The maximum Gasteiger partial charge on any atom is 0.309 e. The van der Waals surface area contributed by atoms with Gasteiger partial charge < -0.3 is 19.3 Å². The Bertz CT molecular complexity index is 488. The van der Waals surface area contributed by atoms with Gasteiger partial charge >= 0.3 is 5.97 Å². The number of benzene rings is 1. The molecule has 1 aromatic carbocycles. The maximum absolute atomic E-state index is 11.2. The zero-order valence-electron chi connectivity index (χ0n) is 10.7. The van der Waals surface area contributed by atoms with Crippen LogP contribution in [0.25, 0.3) is 0 Å². The molecule has 0 radical (unpaired) electrons. The first-order valence-corrected chi connectivity index (χ1v) is 6.63. The van der Waals surface area contributed by atoms with Crippen molar-refractivity contribution < 1.29 is 24.1 Å². The summed E-state index contributed by atoms with van der Waals surface area (Å²) in [7, 11) is 3.09. The van der Waals surface area contributed by atoms with Crippen LogP contribution in [0.4, 0.5) is 0 Å². The van der Waals surface area contributed by atoms with Crippen molar-refractivity contribution in [3.63, 3.8) is 0 Å². The second kappa shape index (κ2) is 5.79. The van der Waals surface area contributed by atoms with Crippen LogP contribution in [0.15, 0.2) is 16.6 Å². The van der Waals surface area contributed by atoms with Gasteiger partial charge in [-0.25, -0.2) is 0 Å². The molecule has 1 heterocycles. The number of aliphatic carboxylic acids is 1. The van der Waals surface area contributed by atoms with Crippen molar-refractivity contribution in [2.45, 2.75) is 12.5 Å². The highest BCUT2D eigenvalue weighted by Gasteiger charge is 2.36. The molecule has 2 unspecified atom stereocenters. The molecule has 0 saturated carbocycles. The molecule has 0 spiro atoms. The zero-order valence-corrected chi connectivity index (χ0v) is 12.3. The number of hydrogen-bond acceptors (Lipinski definition) is 4. The predicted molar refractivity (Wildman–Crippen MR) is 71.7 cm³/mol. The van der Waals surface area contributed by atoms with Crippen molar-refractivity contribution in [1.29, 1.82) is 0 Å². The fourth-order valence-electron chi connectivity index (χ4n) is 2.24. The Balaban J connectivity index is 2.41. The first kappa shape index (κ1) is 14.1. The molecule has 5 nitrogen and oxygen atoms in total. The van der Waals surface area contributed by atoms with Crippen LogP contribution in [-0.4, -0.2) is 31.9 Å². The summed E-state index contributed by atoms with van der Waals surface area (Å²) < 4.78 is 16.7. The average molecular weight is 331 g/mol. The fourth-order valence-corrected chi connectivity index (χ4v) is 2.78. The van der Waals surface area contributed by atoms with E-state index < -0.39 is 18.0 Å². The highest BCUT2D eigenvalue weighted by molar-refractivity contribution is 9.10. The van der Waals surface area contributed by atoms with Gasteiger partial charge in [0.15, 0.2) is 11.5 Å². The van der Waals surface area contributed by atoms with E-state index in [9.17, 15) is 9.90 Å². The molecule has 0 aliphatic carbocycles. The standard InChI is InChI=1S/C13H15BrO5/c1-17-10-5-8(9(14)6-11(10)18-2)12-7(13(15)16)3-4-19-12/h5-7,12H,3-4H2,1-2H3,(H,15,16). The molecule has 0 aromatic heterocycles. The largest absolute Gasteiger partial charge is 0.493 e. The minimum atomic E-state index is -0.843. The Hall–Kier alpha value is -1.27. The van der Waals surface area contributed by atoms with E-state index >= 15 is 0 Å². The molecule has 1 aromatic rings. The van der Waals surface area contributed by atoms with Crippen LogP contribution >= 0.6 is 15.9 Å². The first-order chi connectivity index (χ1) is 9.08. The van der Waals surface area contributed by atoms with E-state index in [1.165, 1.54) is 0 Å². The van der Waals surface area contributed by atoms with Gasteiger partial charge in [-0.15, -0.1) is 0 Å². The monoisotopic (exact) mass is 330 g/mol. The Morgan fingerprint density at radius 2 is 2.00 bits per heavy atom. The van der Waals surface area contributed by atoms with Gasteiger partial charge in [0.1, 0.15) is 0 Å². The van der Waals surface area contributed by atoms with Gasteiger partial charge in [-0.3, -0.25) is 4.79 Å². The van der Waals surface area contributed by atoms with E-state index in [0.29, 0.717) is 24.5 Å². The van der Waals surface area contributed by atoms with Crippen LogP contribution in [0, 0.1) is 5.92 Å². The van der Waals surface area contributed by atoms with Crippen molar-refractivity contribution in [1.82, 2.24) is 0 Å². The molecule has 1 fully saturated rings. The third-order valence-corrected chi connectivity index (χ3v) is 3.91. The van der Waals surface area contributed by atoms with Crippen LogP contribution < -0.4 is 9.47 Å². The lowest BCUT2D eigenvalue weighted by Crippen LogP contribution is -2.18. The van der Waals surface area contributed by atoms with E-state index in [1.54, 1.807) is 26.4 Å². The summed E-state index contributed by atoms with van der Waals surface area (Å²) in [5.74, 6) is -0.234. The summed E-state index contributed by atoms with van der Waals surface area (Å²) in [6.07, 6.45) is 0.0486. The normalized spacial score (nSPS) is 22.3. The van der Waals surface area contributed by atoms with Crippen molar-refractivity contribution in [2.75, 3.05) is 20.8 Å². The van der Waals surface area contributed by atoms with Gasteiger partial charge in [-0.2, -0.15) is 0 Å². The molecular formula is C13H15BrO5. The summed E-state index contributed by atoms with van der Waals surface area (Å²) >= 11 is 3.43. The summed E-state index contributed by atoms with van der Waals surface area (Å²) in [5.41, 5.74) is 0.766. The lowest BCUT2D eigenvalue weighted by atomic mass is 9.95. The van der Waals surface area contributed by atoms with Crippen molar-refractivity contribution >= 4 is 21.9 Å². The molecule has 6 heteroatoms. The Morgan fingerprint density at radius 1 is 1.37 bits per heavy atom. The summed E-state index contributed by atoms with van der Waals surface area (Å²) in [6.45, 7) is 0.447. The number of carbonyl (C=O) groups is 1. The number of carboxylic acid groups (broad SMARTS) is 1. The smallest absolute Gasteiger partial charge is 0.309 e. The quantitative estimate of drug-likeness (QED) is 0.919. The number of hydrogen-bond donors (Lipinski definition) is 1. The van der Waals surface area contributed by atoms with Crippen LogP contribution in [-0.2, 0) is 9.53 Å². The Morgan fingerprint density at radius 3 is 2.58 bits per heavy atom. The zero-order chi connectivity index (χ0) is 14.0. The van der Waals surface area contributed by atoms with Gasteiger partial charge in [0.25, 0.3) is 0 Å². The maximum atomic E-state index is 11.2. The van der Waals surface area contributed by atoms with E-state index in [1.807, 2.05) is 0 Å². The molecule has 0 amide bonds. The van der Waals surface area contributed by atoms with E-state index in [2.05, 4.69) is 15.9 Å². The second-order valence-electron chi connectivity index (χ2n) is 4.25. The molecule has 2 rings (SSSR count). The molecule has 1 aliphatic rings. The number of methoxy groups -OCH3 is 2. The minimum Gasteiger partial charge on any atom is -0.493 e. The Labute approximate surface area is 119 Å². The topological polar surface area (TPSA) is 65.0 Å². The average Bonchev–Trinajstić information content (AvgIpc) is 2.87. The lowest BCUT2D eigenvalue weighted by Gasteiger charge is -2.19. The molecule has 104 valence electrons. The highest BCUT2D eigenvalue weighted by Crippen LogP contribution is 2.42. The van der Waals surface area contributed by atoms with Gasteiger partial charge in [0.2, 0.25) is 0 Å². The SMILES string of the molecule is COc1cc(Br)c(C2OCCC2C(=O)O)cc1OC. The number of halogens is 1. The summed E-state index contributed by atoms with van der Waals surface area (Å²) in [4.78, 5) is 11.2. The van der Waals surface area contributed by atoms with Gasteiger partial charge in [0, 0.05) is 11.1 Å². The number of ether oxygens (including phenoxy) is 3. The fraction of sp³-hybridized carbons (Fsp3) is 0.462. The van der Waals surface area contributed by atoms with Gasteiger partial charge in [-0.05, 0) is 24.1 Å².